The molecule has 0 radical (unpaired) electrons. The molecule has 0 bridgehead atoms. The van der Waals surface area contributed by atoms with Crippen LogP contribution in [0.2, 0.25) is 0 Å². The third-order valence-electron chi connectivity index (χ3n) is 2.71. The summed E-state index contributed by atoms with van der Waals surface area (Å²) in [5.74, 6) is 0.648. The zero-order valence-corrected chi connectivity index (χ0v) is 9.26. The highest BCUT2D eigenvalue weighted by Crippen LogP contribution is 2.24. The van der Waals surface area contributed by atoms with Crippen molar-refractivity contribution in [3.05, 3.63) is 54.1 Å². The minimum absolute atomic E-state index is 0.517. The zero-order chi connectivity index (χ0) is 11.7. The molecule has 1 heterocycles. The first-order chi connectivity index (χ1) is 8.36. The second kappa shape index (κ2) is 4.03. The summed E-state index contributed by atoms with van der Waals surface area (Å²) in [6, 6.07) is 15.7. The smallest absolute Gasteiger partial charge is 0.227 e. The second-order valence-electron chi connectivity index (χ2n) is 3.89. The molecule has 0 aliphatic carbocycles. The molecule has 1 aromatic heterocycles. The van der Waals surface area contributed by atoms with Gasteiger partial charge >= 0.3 is 0 Å². The summed E-state index contributed by atoms with van der Waals surface area (Å²) in [5, 5.41) is 0. The van der Waals surface area contributed by atoms with E-state index >= 15 is 0 Å². The van der Waals surface area contributed by atoms with Crippen LogP contribution in [0.4, 0.5) is 0 Å². The van der Waals surface area contributed by atoms with Crippen LogP contribution >= 0.6 is 0 Å². The molecule has 0 fully saturated rings. The molecule has 2 N–H and O–H groups in total. The van der Waals surface area contributed by atoms with E-state index in [0.717, 1.165) is 22.2 Å². The first-order valence-corrected chi connectivity index (χ1v) is 5.52. The number of benzene rings is 2. The normalized spacial score (nSPS) is 10.9. The number of fused-ring (bicyclic) bond motifs is 1. The quantitative estimate of drug-likeness (QED) is 0.728. The third kappa shape index (κ3) is 1.81. The Labute approximate surface area is 98.9 Å². The lowest BCUT2D eigenvalue weighted by Crippen LogP contribution is -1.94. The lowest BCUT2D eigenvalue weighted by Gasteiger charge is -1.92. The Balaban J connectivity index is 2.14. The molecular formula is C14H12N2O. The van der Waals surface area contributed by atoms with Crippen LogP contribution in [0, 0.1) is 0 Å². The average molecular weight is 224 g/mol. The highest BCUT2D eigenvalue weighted by atomic mass is 16.3. The van der Waals surface area contributed by atoms with Gasteiger partial charge in [-0.05, 0) is 29.8 Å². The minimum Gasteiger partial charge on any atom is -0.436 e. The first-order valence-electron chi connectivity index (χ1n) is 5.52. The van der Waals surface area contributed by atoms with E-state index in [1.807, 2.05) is 48.5 Å². The number of rotatable bonds is 2. The van der Waals surface area contributed by atoms with Crippen molar-refractivity contribution in [3.63, 3.8) is 0 Å². The van der Waals surface area contributed by atoms with E-state index in [-0.39, 0.29) is 0 Å². The lowest BCUT2D eigenvalue weighted by atomic mass is 10.2. The van der Waals surface area contributed by atoms with Crippen molar-refractivity contribution in [1.29, 1.82) is 0 Å². The molecule has 84 valence electrons. The summed E-state index contributed by atoms with van der Waals surface area (Å²) in [4.78, 5) is 4.47. The summed E-state index contributed by atoms with van der Waals surface area (Å²) in [7, 11) is 0. The largest absolute Gasteiger partial charge is 0.436 e. The van der Waals surface area contributed by atoms with Crippen LogP contribution in [0.1, 0.15) is 5.56 Å². The van der Waals surface area contributed by atoms with Gasteiger partial charge in [-0.25, -0.2) is 4.98 Å². The molecule has 3 nitrogen and oxygen atoms in total. The number of hydrogen-bond acceptors (Lipinski definition) is 3. The predicted octanol–water partition coefficient (Wildman–Crippen LogP) is 2.95. The molecule has 0 atom stereocenters. The van der Waals surface area contributed by atoms with Gasteiger partial charge in [0.25, 0.3) is 0 Å². The van der Waals surface area contributed by atoms with E-state index in [4.69, 9.17) is 10.2 Å². The van der Waals surface area contributed by atoms with Crippen LogP contribution in [0.15, 0.2) is 52.9 Å². The zero-order valence-electron chi connectivity index (χ0n) is 9.26. The summed E-state index contributed by atoms with van der Waals surface area (Å²) in [6.07, 6.45) is 0. The molecule has 0 amide bonds. The molecule has 2 aromatic carbocycles. The maximum Gasteiger partial charge on any atom is 0.227 e. The van der Waals surface area contributed by atoms with Crippen molar-refractivity contribution >= 4 is 11.1 Å². The summed E-state index contributed by atoms with van der Waals surface area (Å²) >= 11 is 0. The summed E-state index contributed by atoms with van der Waals surface area (Å²) in [6.45, 7) is 0.517. The SMILES string of the molecule is NCc1ccc2oc(-c3ccccc3)nc2c1. The van der Waals surface area contributed by atoms with E-state index in [0.29, 0.717) is 12.4 Å². The van der Waals surface area contributed by atoms with Gasteiger partial charge in [0.1, 0.15) is 5.52 Å². The van der Waals surface area contributed by atoms with E-state index < -0.39 is 0 Å². The van der Waals surface area contributed by atoms with Gasteiger partial charge in [0.2, 0.25) is 5.89 Å². The molecule has 3 aromatic rings. The van der Waals surface area contributed by atoms with Crippen molar-refractivity contribution in [2.75, 3.05) is 0 Å². The van der Waals surface area contributed by atoms with Crippen LogP contribution < -0.4 is 5.73 Å². The topological polar surface area (TPSA) is 52.0 Å². The first kappa shape index (κ1) is 10.1. The van der Waals surface area contributed by atoms with Gasteiger partial charge in [-0.2, -0.15) is 0 Å². The Kier molecular flexibility index (Phi) is 2.38. The van der Waals surface area contributed by atoms with Gasteiger partial charge in [0.05, 0.1) is 0 Å². The monoisotopic (exact) mass is 224 g/mol. The fourth-order valence-electron chi connectivity index (χ4n) is 1.80. The number of aromatic nitrogens is 1. The number of oxazole rings is 1. The van der Waals surface area contributed by atoms with E-state index in [9.17, 15) is 0 Å². The van der Waals surface area contributed by atoms with E-state index in [1.165, 1.54) is 0 Å². The van der Waals surface area contributed by atoms with Gasteiger partial charge in [-0.1, -0.05) is 24.3 Å². The molecule has 3 heteroatoms. The maximum absolute atomic E-state index is 5.70. The van der Waals surface area contributed by atoms with Crippen LogP contribution in [0.3, 0.4) is 0 Å². The molecule has 0 saturated heterocycles. The number of nitrogens with zero attached hydrogens (tertiary/aromatic N) is 1. The molecule has 17 heavy (non-hydrogen) atoms. The number of nitrogens with two attached hydrogens (primary N) is 1. The average Bonchev–Trinajstić information content (AvgIpc) is 2.82. The van der Waals surface area contributed by atoms with Crippen LogP contribution in [-0.4, -0.2) is 4.98 Å². The summed E-state index contributed by atoms with van der Waals surface area (Å²) in [5.41, 5.74) is 9.29. The van der Waals surface area contributed by atoms with Gasteiger partial charge in [0, 0.05) is 12.1 Å². The second-order valence-corrected chi connectivity index (χ2v) is 3.89. The van der Waals surface area contributed by atoms with Crippen LogP contribution in [-0.2, 0) is 6.54 Å². The van der Waals surface area contributed by atoms with Gasteiger partial charge in [0.15, 0.2) is 5.58 Å². The van der Waals surface area contributed by atoms with Crippen molar-refractivity contribution in [3.8, 4) is 11.5 Å². The van der Waals surface area contributed by atoms with E-state index in [1.54, 1.807) is 0 Å². The fraction of sp³-hybridized carbons (Fsp3) is 0.0714. The molecule has 0 aliphatic heterocycles. The highest BCUT2D eigenvalue weighted by Gasteiger charge is 2.07. The molecule has 0 unspecified atom stereocenters. The Morgan fingerprint density at radius 1 is 1.06 bits per heavy atom. The standard InChI is InChI=1S/C14H12N2O/c15-9-10-6-7-13-12(8-10)16-14(17-13)11-4-2-1-3-5-11/h1-8H,9,15H2. The van der Waals surface area contributed by atoms with Crippen LogP contribution in [0.25, 0.3) is 22.6 Å². The van der Waals surface area contributed by atoms with Gasteiger partial charge in [-0.3, -0.25) is 0 Å². The molecule has 0 spiro atoms. The van der Waals surface area contributed by atoms with E-state index in [2.05, 4.69) is 4.98 Å². The van der Waals surface area contributed by atoms with Crippen molar-refractivity contribution < 1.29 is 4.42 Å². The molecule has 3 rings (SSSR count). The maximum atomic E-state index is 5.70. The highest BCUT2D eigenvalue weighted by molar-refractivity contribution is 5.76. The Morgan fingerprint density at radius 2 is 1.88 bits per heavy atom. The Morgan fingerprint density at radius 3 is 2.65 bits per heavy atom. The van der Waals surface area contributed by atoms with Gasteiger partial charge in [-0.15, -0.1) is 0 Å². The summed E-state index contributed by atoms with van der Waals surface area (Å²) < 4.78 is 5.70. The van der Waals surface area contributed by atoms with Crippen molar-refractivity contribution in [2.45, 2.75) is 6.54 Å². The van der Waals surface area contributed by atoms with Crippen LogP contribution in [0.5, 0.6) is 0 Å². The fourth-order valence-corrected chi connectivity index (χ4v) is 1.80. The van der Waals surface area contributed by atoms with Crippen molar-refractivity contribution in [2.24, 2.45) is 5.73 Å². The molecule has 0 aliphatic rings. The third-order valence-corrected chi connectivity index (χ3v) is 2.71. The Hall–Kier alpha value is -2.13. The molecular weight excluding hydrogens is 212 g/mol. The number of hydrogen-bond donors (Lipinski definition) is 1. The van der Waals surface area contributed by atoms with Gasteiger partial charge < -0.3 is 10.2 Å². The minimum atomic E-state index is 0.517. The Bertz CT molecular complexity index is 644. The lowest BCUT2D eigenvalue weighted by molar-refractivity contribution is 0.620. The predicted molar refractivity (Wildman–Crippen MR) is 67.3 cm³/mol. The molecule has 0 saturated carbocycles. The van der Waals surface area contributed by atoms with Crippen molar-refractivity contribution in [1.82, 2.24) is 4.98 Å².